The summed E-state index contributed by atoms with van der Waals surface area (Å²) in [7, 11) is 6.43. The van der Waals surface area contributed by atoms with E-state index in [1.165, 1.54) is 0 Å². The fraction of sp³-hybridized carbons (Fsp3) is 0.588. The number of hydrogen-bond donors (Lipinski definition) is 0. The molecule has 2 radical (unpaired) electrons. The van der Waals surface area contributed by atoms with Crippen molar-refractivity contribution in [1.82, 2.24) is 0 Å². The number of ether oxygens (including phenoxy) is 3. The van der Waals surface area contributed by atoms with Crippen LogP contribution >= 0.6 is 0 Å². The molecule has 4 nitrogen and oxygen atoms in total. The number of rotatable bonds is 10. The molecule has 0 aliphatic carbocycles. The van der Waals surface area contributed by atoms with E-state index in [1.807, 2.05) is 6.92 Å². The molecule has 0 unspecified atom stereocenters. The summed E-state index contributed by atoms with van der Waals surface area (Å²) in [5.41, 5.74) is 1.84. The van der Waals surface area contributed by atoms with Crippen LogP contribution in [0.2, 0.25) is 25.7 Å². The van der Waals surface area contributed by atoms with Crippen LogP contribution in [0, 0.1) is 6.92 Å². The third kappa shape index (κ3) is 7.33. The van der Waals surface area contributed by atoms with E-state index in [-0.39, 0.29) is 19.0 Å². The Labute approximate surface area is 141 Å². The van der Waals surface area contributed by atoms with E-state index in [0.29, 0.717) is 30.0 Å². The number of Topliss-reactive ketones (excluding diaryl/α,β-unsaturated/α-hetero) is 1. The minimum atomic E-state index is -1.07. The Morgan fingerprint density at radius 1 is 1.17 bits per heavy atom. The lowest BCUT2D eigenvalue weighted by atomic mass is 9.86. The standard InChI is InChI=1S/C17H27BO4Si/c1-13-10-14(15(18)11-17(13)20-2)16(19)6-7-21-12-22-8-9-23(3,4)5/h10-11H,6-9,12H2,1-5H3. The van der Waals surface area contributed by atoms with E-state index in [0.717, 1.165) is 11.6 Å². The van der Waals surface area contributed by atoms with E-state index in [4.69, 9.17) is 22.1 Å². The van der Waals surface area contributed by atoms with Crippen LogP contribution in [0.15, 0.2) is 12.1 Å². The van der Waals surface area contributed by atoms with Crippen LogP contribution in [0.4, 0.5) is 0 Å². The van der Waals surface area contributed by atoms with Gasteiger partial charge < -0.3 is 14.2 Å². The summed E-state index contributed by atoms with van der Waals surface area (Å²) in [5.74, 6) is 0.654. The maximum absolute atomic E-state index is 12.2. The molecule has 1 rings (SSSR count). The molecule has 0 aliphatic rings. The van der Waals surface area contributed by atoms with Gasteiger partial charge in [0.1, 0.15) is 20.4 Å². The van der Waals surface area contributed by atoms with E-state index in [1.54, 1.807) is 19.2 Å². The monoisotopic (exact) mass is 334 g/mol. The van der Waals surface area contributed by atoms with Crippen LogP contribution in [0.1, 0.15) is 22.3 Å². The van der Waals surface area contributed by atoms with Crippen LogP contribution in [-0.2, 0) is 9.47 Å². The summed E-state index contributed by atoms with van der Waals surface area (Å²) < 4.78 is 16.0. The maximum atomic E-state index is 12.2. The van der Waals surface area contributed by atoms with Gasteiger partial charge in [-0.2, -0.15) is 0 Å². The summed E-state index contributed by atoms with van der Waals surface area (Å²) in [6.07, 6.45) is 0.285. The minimum absolute atomic E-state index is 0.0321. The number of methoxy groups -OCH3 is 1. The number of aryl methyl sites for hydroxylation is 1. The van der Waals surface area contributed by atoms with E-state index >= 15 is 0 Å². The Hall–Kier alpha value is -1.11. The van der Waals surface area contributed by atoms with Gasteiger partial charge in [0.2, 0.25) is 0 Å². The molecular formula is C17H27BO4Si. The normalized spacial score (nSPS) is 11.5. The van der Waals surface area contributed by atoms with Gasteiger partial charge in [-0.1, -0.05) is 25.1 Å². The number of benzene rings is 1. The van der Waals surface area contributed by atoms with Crippen LogP contribution in [-0.4, -0.2) is 48.8 Å². The van der Waals surface area contributed by atoms with Gasteiger partial charge in [0, 0.05) is 26.7 Å². The molecule has 0 saturated heterocycles. The van der Waals surface area contributed by atoms with Crippen LogP contribution in [0.25, 0.3) is 0 Å². The molecule has 6 heteroatoms. The van der Waals surface area contributed by atoms with Gasteiger partial charge >= 0.3 is 0 Å². The largest absolute Gasteiger partial charge is 0.497 e. The zero-order chi connectivity index (χ0) is 17.5. The highest BCUT2D eigenvalue weighted by Crippen LogP contribution is 2.17. The second kappa shape index (κ2) is 9.25. The Kier molecular flexibility index (Phi) is 8.02. The summed E-state index contributed by atoms with van der Waals surface area (Å²) in [5, 5.41) is 0. The first-order valence-electron chi connectivity index (χ1n) is 7.87. The van der Waals surface area contributed by atoms with Gasteiger partial charge in [-0.3, -0.25) is 4.79 Å². The lowest BCUT2D eigenvalue weighted by molar-refractivity contribution is -0.0484. The first-order valence-corrected chi connectivity index (χ1v) is 11.6. The van der Waals surface area contributed by atoms with Gasteiger partial charge in [0.05, 0.1) is 13.7 Å². The fourth-order valence-electron chi connectivity index (χ4n) is 2.02. The van der Waals surface area contributed by atoms with Crippen molar-refractivity contribution < 1.29 is 19.0 Å². The van der Waals surface area contributed by atoms with Crippen molar-refractivity contribution in [2.24, 2.45) is 0 Å². The molecule has 23 heavy (non-hydrogen) atoms. The van der Waals surface area contributed by atoms with Crippen molar-refractivity contribution >= 4 is 27.2 Å². The quantitative estimate of drug-likeness (QED) is 0.286. The average molecular weight is 334 g/mol. The fourth-order valence-corrected chi connectivity index (χ4v) is 2.78. The number of carbonyl (C=O) groups excluding carboxylic acids is 1. The number of hydrogen-bond acceptors (Lipinski definition) is 4. The molecule has 0 aromatic heterocycles. The Balaban J connectivity index is 2.33. The number of ketones is 1. The van der Waals surface area contributed by atoms with Crippen molar-refractivity contribution in [3.8, 4) is 5.75 Å². The van der Waals surface area contributed by atoms with Gasteiger partial charge in [0.15, 0.2) is 5.78 Å². The first kappa shape index (κ1) is 19.9. The van der Waals surface area contributed by atoms with Crippen molar-refractivity contribution in [1.29, 1.82) is 0 Å². The molecule has 0 atom stereocenters. The molecule has 0 amide bonds. The minimum Gasteiger partial charge on any atom is -0.497 e. The summed E-state index contributed by atoms with van der Waals surface area (Å²) in [6.45, 7) is 10.1. The molecule has 0 N–H and O–H groups in total. The molecule has 0 heterocycles. The topological polar surface area (TPSA) is 44.8 Å². The smallest absolute Gasteiger partial charge is 0.164 e. The molecule has 0 fully saturated rings. The second-order valence-corrected chi connectivity index (χ2v) is 12.4. The van der Waals surface area contributed by atoms with Gasteiger partial charge in [0.25, 0.3) is 0 Å². The van der Waals surface area contributed by atoms with Crippen molar-refractivity contribution in [3.63, 3.8) is 0 Å². The third-order valence-corrected chi connectivity index (χ3v) is 5.21. The third-order valence-electron chi connectivity index (χ3n) is 3.50. The highest BCUT2D eigenvalue weighted by Gasteiger charge is 2.13. The Bertz CT molecular complexity index is 526. The lowest BCUT2D eigenvalue weighted by Crippen LogP contribution is -2.22. The molecule has 0 spiro atoms. The Morgan fingerprint density at radius 2 is 1.83 bits per heavy atom. The Morgan fingerprint density at radius 3 is 2.43 bits per heavy atom. The zero-order valence-electron chi connectivity index (χ0n) is 14.9. The molecule has 126 valence electrons. The molecule has 0 aliphatic heterocycles. The molecule has 1 aromatic rings. The van der Waals surface area contributed by atoms with Crippen LogP contribution in [0.3, 0.4) is 0 Å². The highest BCUT2D eigenvalue weighted by molar-refractivity contribution is 6.76. The maximum Gasteiger partial charge on any atom is 0.164 e. The van der Waals surface area contributed by atoms with E-state index in [9.17, 15) is 4.79 Å². The summed E-state index contributed by atoms with van der Waals surface area (Å²) >= 11 is 0. The molecule has 0 bridgehead atoms. The zero-order valence-corrected chi connectivity index (χ0v) is 15.9. The highest BCUT2D eigenvalue weighted by atomic mass is 28.3. The van der Waals surface area contributed by atoms with E-state index < -0.39 is 8.07 Å². The predicted octanol–water partition coefficient (Wildman–Crippen LogP) is 2.70. The molecule has 1 aromatic carbocycles. The van der Waals surface area contributed by atoms with Crippen molar-refractivity contribution in [2.45, 2.75) is 39.0 Å². The molecule has 0 saturated carbocycles. The van der Waals surface area contributed by atoms with Crippen LogP contribution < -0.4 is 10.2 Å². The predicted molar refractivity (Wildman–Crippen MR) is 97.0 cm³/mol. The van der Waals surface area contributed by atoms with Crippen LogP contribution in [0.5, 0.6) is 5.75 Å². The van der Waals surface area contributed by atoms with Gasteiger partial charge in [-0.15, -0.1) is 0 Å². The van der Waals surface area contributed by atoms with E-state index in [2.05, 4.69) is 19.6 Å². The summed E-state index contributed by atoms with van der Waals surface area (Å²) in [4.78, 5) is 12.2. The van der Waals surface area contributed by atoms with Crippen molar-refractivity contribution in [3.05, 3.63) is 23.3 Å². The summed E-state index contributed by atoms with van der Waals surface area (Å²) in [6, 6.07) is 4.56. The molecular weight excluding hydrogens is 307 g/mol. The number of carbonyl (C=O) groups is 1. The van der Waals surface area contributed by atoms with Gasteiger partial charge in [-0.05, 0) is 30.7 Å². The van der Waals surface area contributed by atoms with Crippen molar-refractivity contribution in [2.75, 3.05) is 27.1 Å². The average Bonchev–Trinajstić information content (AvgIpc) is 2.46. The second-order valence-electron chi connectivity index (χ2n) is 6.83. The first-order chi connectivity index (χ1) is 10.7. The SMILES string of the molecule is [B]c1cc(OC)c(C)cc1C(=O)CCOCOCC[Si](C)(C)C. The lowest BCUT2D eigenvalue weighted by Gasteiger charge is -2.15. The van der Waals surface area contributed by atoms with Gasteiger partial charge in [-0.25, -0.2) is 0 Å².